The maximum Gasteiger partial charge on any atom is 0.253 e. The number of sulfone groups is 1. The van der Waals surface area contributed by atoms with Crippen LogP contribution in [0.1, 0.15) is 43.8 Å². The molecule has 2 aliphatic rings. The SMILES string of the molecule is Cc1cc(-c2nc(CS(C)(=O)=O)ncc2OCC2CC2)c2n(c1=O)CC(C)(C)C2. The Bertz CT molecular complexity index is 1130. The number of hydrogen-bond acceptors (Lipinski definition) is 6. The standard InChI is InChI=1S/C21H27N3O4S/c1-13-7-15(16-8-21(2,3)12-24(16)20(13)25)19-17(28-10-14-5-6-14)9-22-18(23-19)11-29(4,26)27/h7,9,14H,5-6,8,10-12H2,1-4H3. The summed E-state index contributed by atoms with van der Waals surface area (Å²) in [7, 11) is -3.27. The molecule has 4 rings (SSSR count). The van der Waals surface area contributed by atoms with E-state index < -0.39 is 9.84 Å². The van der Waals surface area contributed by atoms with Crippen LogP contribution < -0.4 is 10.3 Å². The van der Waals surface area contributed by atoms with Crippen LogP contribution in [0.4, 0.5) is 0 Å². The minimum absolute atomic E-state index is 0.0141. The molecule has 0 radical (unpaired) electrons. The molecule has 0 amide bonds. The average Bonchev–Trinajstić information content (AvgIpc) is 3.37. The van der Waals surface area contributed by atoms with Gasteiger partial charge in [0.25, 0.3) is 5.56 Å². The zero-order valence-corrected chi connectivity index (χ0v) is 18.2. The van der Waals surface area contributed by atoms with E-state index in [2.05, 4.69) is 23.8 Å². The van der Waals surface area contributed by atoms with Gasteiger partial charge in [0.1, 0.15) is 17.3 Å². The van der Waals surface area contributed by atoms with E-state index in [4.69, 9.17) is 4.74 Å². The van der Waals surface area contributed by atoms with Crippen LogP contribution in [-0.4, -0.2) is 35.8 Å². The van der Waals surface area contributed by atoms with Crippen molar-refractivity contribution < 1.29 is 13.2 Å². The summed E-state index contributed by atoms with van der Waals surface area (Å²) < 4.78 is 31.4. The zero-order valence-electron chi connectivity index (χ0n) is 17.4. The fraction of sp³-hybridized carbons (Fsp3) is 0.571. The Morgan fingerprint density at radius 2 is 2.03 bits per heavy atom. The second kappa shape index (κ2) is 6.93. The third kappa shape index (κ3) is 4.37. The first-order valence-electron chi connectivity index (χ1n) is 9.92. The molecule has 2 aromatic rings. The summed E-state index contributed by atoms with van der Waals surface area (Å²) in [5.41, 5.74) is 2.94. The first-order valence-corrected chi connectivity index (χ1v) is 12.0. The molecule has 0 saturated heterocycles. The third-order valence-electron chi connectivity index (χ3n) is 5.44. The van der Waals surface area contributed by atoms with Gasteiger partial charge in [-0.05, 0) is 43.6 Å². The minimum atomic E-state index is -3.27. The maximum absolute atomic E-state index is 12.7. The number of aryl methyl sites for hydroxylation is 1. The quantitative estimate of drug-likeness (QED) is 0.717. The van der Waals surface area contributed by atoms with Gasteiger partial charge in [0.2, 0.25) is 0 Å². The molecule has 0 spiro atoms. The molecule has 3 heterocycles. The highest BCUT2D eigenvalue weighted by Crippen LogP contribution is 2.39. The van der Waals surface area contributed by atoms with E-state index in [0.29, 0.717) is 36.1 Å². The lowest BCUT2D eigenvalue weighted by Crippen LogP contribution is -2.24. The lowest BCUT2D eigenvalue weighted by atomic mass is 9.90. The van der Waals surface area contributed by atoms with Crippen LogP contribution in [0.5, 0.6) is 5.75 Å². The molecule has 7 nitrogen and oxygen atoms in total. The van der Waals surface area contributed by atoms with Crippen LogP contribution >= 0.6 is 0 Å². The van der Waals surface area contributed by atoms with Gasteiger partial charge >= 0.3 is 0 Å². The van der Waals surface area contributed by atoms with Crippen LogP contribution in [0.15, 0.2) is 17.1 Å². The zero-order chi connectivity index (χ0) is 21.0. The topological polar surface area (TPSA) is 91.2 Å². The lowest BCUT2D eigenvalue weighted by Gasteiger charge is -2.16. The second-order valence-corrected chi connectivity index (χ2v) is 11.4. The van der Waals surface area contributed by atoms with Gasteiger partial charge in [-0.15, -0.1) is 0 Å². The molecule has 0 atom stereocenters. The van der Waals surface area contributed by atoms with E-state index in [0.717, 1.165) is 30.5 Å². The summed E-state index contributed by atoms with van der Waals surface area (Å²) in [5, 5.41) is 0. The summed E-state index contributed by atoms with van der Waals surface area (Å²) in [4.78, 5) is 21.5. The number of pyridine rings is 1. The first-order chi connectivity index (χ1) is 13.5. The van der Waals surface area contributed by atoms with Crippen molar-refractivity contribution in [3.63, 3.8) is 0 Å². The molecule has 1 aliphatic carbocycles. The van der Waals surface area contributed by atoms with Crippen LogP contribution in [0.2, 0.25) is 0 Å². The Kier molecular flexibility index (Phi) is 4.80. The van der Waals surface area contributed by atoms with Gasteiger partial charge in [0.05, 0.1) is 12.8 Å². The molecular weight excluding hydrogens is 390 g/mol. The van der Waals surface area contributed by atoms with Gasteiger partial charge in [0.15, 0.2) is 15.6 Å². The van der Waals surface area contributed by atoms with Crippen molar-refractivity contribution in [2.45, 2.75) is 52.3 Å². The molecule has 8 heteroatoms. The Labute approximate surface area is 171 Å². The van der Waals surface area contributed by atoms with Gasteiger partial charge in [-0.1, -0.05) is 13.8 Å². The Hall–Kier alpha value is -2.22. The van der Waals surface area contributed by atoms with Crippen molar-refractivity contribution >= 4 is 9.84 Å². The number of rotatable bonds is 6. The van der Waals surface area contributed by atoms with Crippen molar-refractivity contribution in [2.24, 2.45) is 11.3 Å². The molecule has 1 aliphatic heterocycles. The highest BCUT2D eigenvalue weighted by atomic mass is 32.2. The fourth-order valence-electron chi connectivity index (χ4n) is 3.84. The van der Waals surface area contributed by atoms with E-state index in [9.17, 15) is 13.2 Å². The maximum atomic E-state index is 12.7. The summed E-state index contributed by atoms with van der Waals surface area (Å²) in [6.07, 6.45) is 5.80. The minimum Gasteiger partial charge on any atom is -0.489 e. The Morgan fingerprint density at radius 1 is 1.31 bits per heavy atom. The van der Waals surface area contributed by atoms with Gasteiger partial charge < -0.3 is 9.30 Å². The molecule has 0 aromatic carbocycles. The van der Waals surface area contributed by atoms with E-state index in [-0.39, 0.29) is 22.6 Å². The van der Waals surface area contributed by atoms with Gasteiger partial charge in [-0.2, -0.15) is 0 Å². The lowest BCUT2D eigenvalue weighted by molar-refractivity contribution is 0.298. The fourth-order valence-corrected chi connectivity index (χ4v) is 4.45. The average molecular weight is 418 g/mol. The summed E-state index contributed by atoms with van der Waals surface area (Å²) in [6.45, 7) is 7.32. The van der Waals surface area contributed by atoms with E-state index in [1.54, 1.807) is 13.1 Å². The van der Waals surface area contributed by atoms with Crippen molar-refractivity contribution in [1.82, 2.24) is 14.5 Å². The second-order valence-electron chi connectivity index (χ2n) is 9.24. The predicted molar refractivity (Wildman–Crippen MR) is 111 cm³/mol. The molecule has 2 aromatic heterocycles. The summed E-state index contributed by atoms with van der Waals surface area (Å²) >= 11 is 0. The molecule has 156 valence electrons. The van der Waals surface area contributed by atoms with Crippen LogP contribution in [0, 0.1) is 18.3 Å². The third-order valence-corrected chi connectivity index (χ3v) is 6.22. The highest BCUT2D eigenvalue weighted by molar-refractivity contribution is 7.89. The van der Waals surface area contributed by atoms with E-state index in [1.807, 2.05) is 10.6 Å². The molecule has 29 heavy (non-hydrogen) atoms. The van der Waals surface area contributed by atoms with Crippen LogP contribution in [0.25, 0.3) is 11.3 Å². The van der Waals surface area contributed by atoms with Crippen LogP contribution in [-0.2, 0) is 28.6 Å². The number of ether oxygens (including phenoxy) is 1. The largest absolute Gasteiger partial charge is 0.489 e. The number of nitrogens with zero attached hydrogens (tertiary/aromatic N) is 3. The van der Waals surface area contributed by atoms with Crippen molar-refractivity contribution in [2.75, 3.05) is 12.9 Å². The predicted octanol–water partition coefficient (Wildman–Crippen LogP) is 2.53. The number of aromatic nitrogens is 3. The van der Waals surface area contributed by atoms with Crippen molar-refractivity contribution in [3.05, 3.63) is 39.7 Å². The number of hydrogen-bond donors (Lipinski definition) is 0. The smallest absolute Gasteiger partial charge is 0.253 e. The first kappa shape index (κ1) is 20.1. The van der Waals surface area contributed by atoms with Gasteiger partial charge in [-0.25, -0.2) is 18.4 Å². The molecule has 0 bridgehead atoms. The van der Waals surface area contributed by atoms with Crippen LogP contribution in [0.3, 0.4) is 0 Å². The molecular formula is C21H27N3O4S. The Morgan fingerprint density at radius 3 is 2.69 bits per heavy atom. The summed E-state index contributed by atoms with van der Waals surface area (Å²) in [5.74, 6) is 1.10. The van der Waals surface area contributed by atoms with Crippen molar-refractivity contribution in [1.29, 1.82) is 0 Å². The van der Waals surface area contributed by atoms with Gasteiger partial charge in [-0.3, -0.25) is 4.79 Å². The monoisotopic (exact) mass is 417 g/mol. The van der Waals surface area contributed by atoms with Gasteiger partial charge in [0, 0.05) is 29.6 Å². The molecule has 1 fully saturated rings. The highest BCUT2D eigenvalue weighted by Gasteiger charge is 2.33. The summed E-state index contributed by atoms with van der Waals surface area (Å²) in [6, 6.07) is 1.85. The van der Waals surface area contributed by atoms with E-state index >= 15 is 0 Å². The van der Waals surface area contributed by atoms with E-state index in [1.165, 1.54) is 6.26 Å². The normalized spacial score (nSPS) is 17.9. The molecule has 0 N–H and O–H groups in total. The van der Waals surface area contributed by atoms with Crippen molar-refractivity contribution in [3.8, 4) is 17.0 Å². The Balaban J connectivity index is 1.86. The number of fused-ring (bicyclic) bond motifs is 1. The molecule has 1 saturated carbocycles. The molecule has 0 unspecified atom stereocenters.